The van der Waals surface area contributed by atoms with Gasteiger partial charge in [-0.15, -0.1) is 0 Å². The van der Waals surface area contributed by atoms with E-state index in [1.165, 1.54) is 6.92 Å². The van der Waals surface area contributed by atoms with Crippen molar-refractivity contribution in [3.8, 4) is 5.75 Å². The van der Waals surface area contributed by atoms with Crippen molar-refractivity contribution in [2.75, 3.05) is 39.3 Å². The van der Waals surface area contributed by atoms with Crippen molar-refractivity contribution in [1.29, 1.82) is 0 Å². The molecule has 2 amide bonds. The highest BCUT2D eigenvalue weighted by atomic mass is 19.1. The van der Waals surface area contributed by atoms with Crippen molar-refractivity contribution in [1.82, 2.24) is 25.3 Å². The van der Waals surface area contributed by atoms with Gasteiger partial charge in [0.1, 0.15) is 11.4 Å². The van der Waals surface area contributed by atoms with Crippen LogP contribution in [0.25, 0.3) is 10.8 Å². The number of benzene rings is 2. The zero-order chi connectivity index (χ0) is 26.4. The van der Waals surface area contributed by atoms with Crippen LogP contribution in [0.2, 0.25) is 0 Å². The maximum atomic E-state index is 14.2. The van der Waals surface area contributed by atoms with E-state index >= 15 is 0 Å². The Morgan fingerprint density at radius 3 is 2.61 bits per heavy atom. The number of carbonyl (C=O) groups excluding carboxylic acids is 2. The summed E-state index contributed by atoms with van der Waals surface area (Å²) in [6.07, 6.45) is 1.34. The highest BCUT2D eigenvalue weighted by Crippen LogP contribution is 2.33. The third-order valence-electron chi connectivity index (χ3n) is 7.74. The van der Waals surface area contributed by atoms with E-state index < -0.39 is 11.7 Å². The van der Waals surface area contributed by atoms with Crippen molar-refractivity contribution in [2.45, 2.75) is 37.9 Å². The lowest BCUT2D eigenvalue weighted by Crippen LogP contribution is -2.54. The minimum Gasteiger partial charge on any atom is -0.492 e. The van der Waals surface area contributed by atoms with E-state index in [1.807, 2.05) is 30.3 Å². The lowest BCUT2D eigenvalue weighted by molar-refractivity contribution is -0.134. The molecule has 6 rings (SSSR count). The number of rotatable bonds is 4. The van der Waals surface area contributed by atoms with Crippen molar-refractivity contribution >= 4 is 22.6 Å². The molecule has 0 bridgehead atoms. The van der Waals surface area contributed by atoms with Gasteiger partial charge in [0.25, 0.3) is 11.5 Å². The SMILES string of the molecule is CC1(F)CNC(C(=O)N2CCN(C(=O)c3cc(Cc4n[nH]c(=O)c5ccccc45)cc4c3OCC4)CC2)C1. The number of hydrogen-bond acceptors (Lipinski definition) is 6. The van der Waals surface area contributed by atoms with Gasteiger partial charge in [-0.2, -0.15) is 5.10 Å². The van der Waals surface area contributed by atoms with Crippen molar-refractivity contribution in [2.24, 2.45) is 0 Å². The monoisotopic (exact) mass is 519 g/mol. The Morgan fingerprint density at radius 2 is 1.87 bits per heavy atom. The smallest absolute Gasteiger partial charge is 0.272 e. The van der Waals surface area contributed by atoms with Gasteiger partial charge in [-0.05, 0) is 30.2 Å². The number of ether oxygens (including phenoxy) is 1. The van der Waals surface area contributed by atoms with E-state index in [2.05, 4.69) is 15.5 Å². The van der Waals surface area contributed by atoms with E-state index in [4.69, 9.17) is 4.74 Å². The molecule has 2 fully saturated rings. The molecule has 9 nitrogen and oxygen atoms in total. The molecule has 2 unspecified atom stereocenters. The van der Waals surface area contributed by atoms with Gasteiger partial charge in [0.2, 0.25) is 5.91 Å². The molecule has 4 heterocycles. The predicted molar refractivity (Wildman–Crippen MR) is 139 cm³/mol. The normalized spacial score (nSPS) is 22.9. The van der Waals surface area contributed by atoms with Gasteiger partial charge in [0.05, 0.1) is 29.3 Å². The second-order valence-corrected chi connectivity index (χ2v) is 10.6. The van der Waals surface area contributed by atoms with E-state index in [-0.39, 0.29) is 30.3 Å². The second kappa shape index (κ2) is 9.50. The zero-order valence-corrected chi connectivity index (χ0v) is 21.3. The summed E-state index contributed by atoms with van der Waals surface area (Å²) in [5.41, 5.74) is 1.53. The second-order valence-electron chi connectivity index (χ2n) is 10.6. The van der Waals surface area contributed by atoms with Crippen molar-refractivity contribution in [3.63, 3.8) is 0 Å². The van der Waals surface area contributed by atoms with Crippen LogP contribution in [0.5, 0.6) is 5.75 Å². The minimum absolute atomic E-state index is 0.106. The summed E-state index contributed by atoms with van der Waals surface area (Å²) >= 11 is 0. The summed E-state index contributed by atoms with van der Waals surface area (Å²) in [5.74, 6) is 0.381. The van der Waals surface area contributed by atoms with E-state index in [0.29, 0.717) is 62.3 Å². The summed E-state index contributed by atoms with van der Waals surface area (Å²) in [4.78, 5) is 42.2. The van der Waals surface area contributed by atoms with Gasteiger partial charge < -0.3 is 19.9 Å². The Morgan fingerprint density at radius 1 is 1.13 bits per heavy atom. The third-order valence-corrected chi connectivity index (χ3v) is 7.74. The Balaban J connectivity index is 1.20. The number of hydrogen-bond donors (Lipinski definition) is 2. The number of piperazine rings is 1. The maximum Gasteiger partial charge on any atom is 0.272 e. The lowest BCUT2D eigenvalue weighted by Gasteiger charge is -2.36. The van der Waals surface area contributed by atoms with Gasteiger partial charge in [-0.3, -0.25) is 14.4 Å². The molecule has 2 N–H and O–H groups in total. The first kappa shape index (κ1) is 24.5. The van der Waals surface area contributed by atoms with Crippen LogP contribution in [-0.4, -0.2) is 82.9 Å². The predicted octanol–water partition coefficient (Wildman–Crippen LogP) is 1.82. The lowest BCUT2D eigenvalue weighted by atomic mass is 9.98. The van der Waals surface area contributed by atoms with Crippen LogP contribution in [-0.2, 0) is 17.6 Å². The highest BCUT2D eigenvalue weighted by Gasteiger charge is 2.40. The summed E-state index contributed by atoms with van der Waals surface area (Å²) in [5, 5.41) is 11.2. The van der Waals surface area contributed by atoms with E-state index in [0.717, 1.165) is 22.2 Å². The molecule has 2 atom stereocenters. The van der Waals surface area contributed by atoms with Gasteiger partial charge >= 0.3 is 0 Å². The van der Waals surface area contributed by atoms with Gasteiger partial charge in [-0.1, -0.05) is 24.3 Å². The molecule has 0 aliphatic carbocycles. The van der Waals surface area contributed by atoms with Crippen LogP contribution in [0.4, 0.5) is 4.39 Å². The summed E-state index contributed by atoms with van der Waals surface area (Å²) in [7, 11) is 0. The molecule has 2 aromatic carbocycles. The summed E-state index contributed by atoms with van der Waals surface area (Å²) in [6, 6.07) is 10.7. The fourth-order valence-corrected chi connectivity index (χ4v) is 5.74. The molecule has 0 spiro atoms. The molecule has 198 valence electrons. The summed E-state index contributed by atoms with van der Waals surface area (Å²) < 4.78 is 20.1. The molecule has 10 heteroatoms. The maximum absolute atomic E-state index is 14.2. The van der Waals surface area contributed by atoms with Gasteiger partial charge in [0.15, 0.2) is 0 Å². The fraction of sp³-hybridized carbons (Fsp3) is 0.429. The van der Waals surface area contributed by atoms with Gasteiger partial charge in [-0.25, -0.2) is 9.49 Å². The number of H-pyrrole nitrogens is 1. The molecule has 3 aromatic rings. The number of fused-ring (bicyclic) bond motifs is 2. The fourth-order valence-electron chi connectivity index (χ4n) is 5.74. The number of nitrogens with zero attached hydrogens (tertiary/aromatic N) is 3. The Kier molecular flexibility index (Phi) is 6.14. The van der Waals surface area contributed by atoms with E-state index in [1.54, 1.807) is 15.9 Å². The van der Waals surface area contributed by atoms with Gasteiger partial charge in [0, 0.05) is 57.4 Å². The molecule has 3 aliphatic heterocycles. The molecule has 38 heavy (non-hydrogen) atoms. The molecule has 1 aromatic heterocycles. The van der Waals surface area contributed by atoms with Crippen LogP contribution >= 0.6 is 0 Å². The molecule has 2 saturated heterocycles. The quantitative estimate of drug-likeness (QED) is 0.545. The highest BCUT2D eigenvalue weighted by molar-refractivity contribution is 5.98. The van der Waals surface area contributed by atoms with Crippen LogP contribution in [0, 0.1) is 0 Å². The molecular formula is C28H30FN5O4. The van der Waals surface area contributed by atoms with Crippen LogP contribution in [0.1, 0.15) is 40.5 Å². The number of alkyl halides is 1. The van der Waals surface area contributed by atoms with Crippen LogP contribution < -0.4 is 15.6 Å². The molecule has 3 aliphatic rings. The van der Waals surface area contributed by atoms with E-state index in [9.17, 15) is 18.8 Å². The largest absolute Gasteiger partial charge is 0.492 e. The number of halogens is 1. The summed E-state index contributed by atoms with van der Waals surface area (Å²) in [6.45, 7) is 3.80. The number of carbonyl (C=O) groups is 2. The third kappa shape index (κ3) is 4.53. The average Bonchev–Trinajstić information content (AvgIpc) is 3.55. The average molecular weight is 520 g/mol. The van der Waals surface area contributed by atoms with Crippen LogP contribution in [0.15, 0.2) is 41.2 Å². The standard InChI is InChI=1S/C28H30FN5O4/c1-28(29)15-23(30-16-28)27(37)34-9-7-33(8-10-34)26(36)21-13-17(12-18-6-11-38-24(18)21)14-22-19-4-2-3-5-20(19)25(35)32-31-22/h2-5,12-13,23,30H,6-11,14-16H2,1H3,(H,32,35). The first-order chi connectivity index (χ1) is 18.3. The van der Waals surface area contributed by atoms with Crippen molar-refractivity contribution < 1.29 is 18.7 Å². The zero-order valence-electron chi connectivity index (χ0n) is 21.3. The number of amides is 2. The minimum atomic E-state index is -1.37. The van der Waals surface area contributed by atoms with Crippen molar-refractivity contribution in [3.05, 3.63) is 69.1 Å². The Hall–Kier alpha value is -3.79. The first-order valence-electron chi connectivity index (χ1n) is 13.0. The molecular weight excluding hydrogens is 489 g/mol. The molecule has 0 radical (unpaired) electrons. The Labute approximate surface area is 219 Å². The molecule has 0 saturated carbocycles. The number of aromatic amines is 1. The number of aromatic nitrogens is 2. The first-order valence-corrected chi connectivity index (χ1v) is 13.0. The van der Waals surface area contributed by atoms with Crippen LogP contribution in [0.3, 0.4) is 0 Å². The topological polar surface area (TPSA) is 108 Å². The Bertz CT molecular complexity index is 1480. The number of nitrogens with one attached hydrogen (secondary N) is 2.